The fraction of sp³-hybridized carbons (Fsp3) is 0.476. The maximum absolute atomic E-state index is 5.67. The van der Waals surface area contributed by atoms with Crippen LogP contribution in [0.5, 0.6) is 11.5 Å². The largest absolute Gasteiger partial charge is 0.493 e. The average molecular weight is 515 g/mol. The van der Waals surface area contributed by atoms with Crippen LogP contribution in [0.2, 0.25) is 0 Å². The van der Waals surface area contributed by atoms with Crippen molar-refractivity contribution >= 4 is 35.6 Å². The number of hydrogen-bond donors (Lipinski definition) is 2. The summed E-state index contributed by atoms with van der Waals surface area (Å²) in [6.07, 6.45) is 3.53. The molecule has 1 aromatic carbocycles. The van der Waals surface area contributed by atoms with Crippen LogP contribution in [0.1, 0.15) is 19.1 Å². The predicted octanol–water partition coefficient (Wildman–Crippen LogP) is 3.94. The number of nitrogens with one attached hydrogen (secondary N) is 2. The van der Waals surface area contributed by atoms with Gasteiger partial charge in [-0.2, -0.15) is 0 Å². The summed E-state index contributed by atoms with van der Waals surface area (Å²) in [5, 5.41) is 6.74. The minimum absolute atomic E-state index is 0. The molecular formula is C21H30IN3O4. The molecule has 3 rings (SSSR count). The first-order valence-corrected chi connectivity index (χ1v) is 9.74. The highest BCUT2D eigenvalue weighted by molar-refractivity contribution is 14.0. The van der Waals surface area contributed by atoms with Crippen LogP contribution in [0, 0.1) is 5.92 Å². The van der Waals surface area contributed by atoms with Crippen LogP contribution in [0.3, 0.4) is 0 Å². The quantitative estimate of drug-likeness (QED) is 0.300. The Morgan fingerprint density at radius 2 is 2.17 bits per heavy atom. The molecule has 2 aromatic rings. The van der Waals surface area contributed by atoms with Crippen LogP contribution in [-0.4, -0.2) is 46.0 Å². The van der Waals surface area contributed by atoms with Crippen LogP contribution in [0.25, 0.3) is 0 Å². The van der Waals surface area contributed by atoms with E-state index in [1.165, 1.54) is 0 Å². The fourth-order valence-corrected chi connectivity index (χ4v) is 3.01. The molecule has 1 aliphatic rings. The van der Waals surface area contributed by atoms with Gasteiger partial charge in [0.05, 0.1) is 26.6 Å². The zero-order chi connectivity index (χ0) is 19.6. The molecule has 1 fully saturated rings. The number of halogens is 1. The molecule has 0 bridgehead atoms. The lowest BCUT2D eigenvalue weighted by Crippen LogP contribution is -2.33. The minimum Gasteiger partial charge on any atom is -0.493 e. The number of hydrogen-bond acceptors (Lipinski definition) is 5. The summed E-state index contributed by atoms with van der Waals surface area (Å²) in [6, 6.07) is 9.63. The van der Waals surface area contributed by atoms with E-state index in [1.807, 2.05) is 37.3 Å². The Labute approximate surface area is 189 Å². The van der Waals surface area contributed by atoms with Gasteiger partial charge in [0.15, 0.2) is 17.5 Å². The van der Waals surface area contributed by atoms with Gasteiger partial charge < -0.3 is 29.3 Å². The summed E-state index contributed by atoms with van der Waals surface area (Å²) in [5.41, 5.74) is 0.885. The van der Waals surface area contributed by atoms with Gasteiger partial charge in [0.2, 0.25) is 0 Å². The third-order valence-corrected chi connectivity index (χ3v) is 4.50. The number of nitrogens with zero attached hydrogens (tertiary/aromatic N) is 1. The van der Waals surface area contributed by atoms with E-state index >= 15 is 0 Å². The van der Waals surface area contributed by atoms with Crippen molar-refractivity contribution < 1.29 is 18.6 Å². The summed E-state index contributed by atoms with van der Waals surface area (Å²) in [5.74, 6) is 3.55. The van der Waals surface area contributed by atoms with Crippen LogP contribution >= 0.6 is 24.0 Å². The van der Waals surface area contributed by atoms with Gasteiger partial charge in [-0.25, -0.2) is 0 Å². The summed E-state index contributed by atoms with van der Waals surface area (Å²) in [4.78, 5) is 4.75. The molecule has 1 unspecified atom stereocenters. The second-order valence-corrected chi connectivity index (χ2v) is 6.60. The number of guanidine groups is 1. The highest BCUT2D eigenvalue weighted by atomic mass is 127. The highest BCUT2D eigenvalue weighted by Gasteiger charge is 2.15. The van der Waals surface area contributed by atoms with Crippen molar-refractivity contribution in [3.05, 3.63) is 42.4 Å². The van der Waals surface area contributed by atoms with Gasteiger partial charge in [-0.3, -0.25) is 4.99 Å². The van der Waals surface area contributed by atoms with Crippen molar-refractivity contribution in [2.75, 3.05) is 45.3 Å². The first-order chi connectivity index (χ1) is 13.8. The zero-order valence-corrected chi connectivity index (χ0v) is 19.3. The number of furan rings is 1. The normalized spacial score (nSPS) is 16.2. The Morgan fingerprint density at radius 1 is 1.28 bits per heavy atom. The van der Waals surface area contributed by atoms with E-state index in [1.54, 1.807) is 13.4 Å². The van der Waals surface area contributed by atoms with Crippen LogP contribution in [0.4, 0.5) is 5.69 Å². The van der Waals surface area contributed by atoms with Crippen molar-refractivity contribution in [1.29, 1.82) is 0 Å². The van der Waals surface area contributed by atoms with E-state index in [0.717, 1.165) is 56.6 Å². The lowest BCUT2D eigenvalue weighted by atomic mass is 10.1. The number of ether oxygens (including phenoxy) is 3. The van der Waals surface area contributed by atoms with E-state index in [0.29, 0.717) is 24.0 Å². The molecule has 0 saturated carbocycles. The third-order valence-electron chi connectivity index (χ3n) is 4.50. The van der Waals surface area contributed by atoms with Gasteiger partial charge in [0.25, 0.3) is 0 Å². The lowest BCUT2D eigenvalue weighted by molar-refractivity contribution is 0.187. The lowest BCUT2D eigenvalue weighted by Gasteiger charge is -2.15. The average Bonchev–Trinajstić information content (AvgIpc) is 3.41. The van der Waals surface area contributed by atoms with Crippen molar-refractivity contribution in [2.24, 2.45) is 10.9 Å². The summed E-state index contributed by atoms with van der Waals surface area (Å²) >= 11 is 0. The van der Waals surface area contributed by atoms with Crippen LogP contribution in [0.15, 0.2) is 46.0 Å². The van der Waals surface area contributed by atoms with E-state index in [4.69, 9.17) is 23.6 Å². The van der Waals surface area contributed by atoms with E-state index in [9.17, 15) is 0 Å². The van der Waals surface area contributed by atoms with Gasteiger partial charge in [-0.05, 0) is 37.6 Å². The Kier molecular flexibility index (Phi) is 10.1. The molecule has 160 valence electrons. The molecule has 0 radical (unpaired) electrons. The maximum Gasteiger partial charge on any atom is 0.195 e. The Hall–Kier alpha value is -1.94. The monoisotopic (exact) mass is 515 g/mol. The number of benzene rings is 1. The standard InChI is InChI=1S/C21H29N3O4.HI/c1-3-27-20-13-17(6-7-19(20)25-2)24-21(23-14-16-9-12-26-15-16)22-10-8-18-5-4-11-28-18;/h4-7,11,13,16H,3,8-10,12,14-15H2,1-2H3,(H2,22,23,24);1H. The van der Waals surface area contributed by atoms with Crippen LogP contribution in [-0.2, 0) is 11.2 Å². The summed E-state index contributed by atoms with van der Waals surface area (Å²) in [7, 11) is 1.64. The summed E-state index contributed by atoms with van der Waals surface area (Å²) in [6.45, 7) is 5.57. The zero-order valence-electron chi connectivity index (χ0n) is 17.0. The molecule has 2 N–H and O–H groups in total. The smallest absolute Gasteiger partial charge is 0.195 e. The Balaban J connectivity index is 0.00000300. The number of anilines is 1. The molecule has 0 spiro atoms. The van der Waals surface area contributed by atoms with Gasteiger partial charge in [-0.1, -0.05) is 0 Å². The second kappa shape index (κ2) is 12.6. The van der Waals surface area contributed by atoms with E-state index in [-0.39, 0.29) is 24.0 Å². The summed E-state index contributed by atoms with van der Waals surface area (Å²) < 4.78 is 21.9. The first kappa shape index (κ1) is 23.3. The van der Waals surface area contributed by atoms with Crippen LogP contribution < -0.4 is 20.1 Å². The molecule has 1 aromatic heterocycles. The molecule has 8 heteroatoms. The van der Waals surface area contributed by atoms with E-state index in [2.05, 4.69) is 10.6 Å². The van der Waals surface area contributed by atoms with Crippen molar-refractivity contribution in [3.8, 4) is 11.5 Å². The maximum atomic E-state index is 5.67. The van der Waals surface area contributed by atoms with Gasteiger partial charge in [0, 0.05) is 43.8 Å². The SMILES string of the molecule is CCOc1cc(NC(=NCC2CCOC2)NCCc2ccco2)ccc1OC.I. The van der Waals surface area contributed by atoms with Gasteiger partial charge in [0.1, 0.15) is 5.76 Å². The second-order valence-electron chi connectivity index (χ2n) is 6.60. The molecule has 29 heavy (non-hydrogen) atoms. The van der Waals surface area contributed by atoms with Crippen molar-refractivity contribution in [1.82, 2.24) is 5.32 Å². The number of rotatable bonds is 9. The number of aliphatic imine (C=N–C) groups is 1. The van der Waals surface area contributed by atoms with Gasteiger partial charge in [-0.15, -0.1) is 24.0 Å². The minimum atomic E-state index is 0. The van der Waals surface area contributed by atoms with Crippen molar-refractivity contribution in [2.45, 2.75) is 19.8 Å². The Morgan fingerprint density at radius 3 is 2.86 bits per heavy atom. The molecule has 7 nitrogen and oxygen atoms in total. The first-order valence-electron chi connectivity index (χ1n) is 9.74. The Bertz CT molecular complexity index is 746. The van der Waals surface area contributed by atoms with E-state index < -0.39 is 0 Å². The predicted molar refractivity (Wildman–Crippen MR) is 125 cm³/mol. The van der Waals surface area contributed by atoms with Crippen molar-refractivity contribution in [3.63, 3.8) is 0 Å². The third kappa shape index (κ3) is 7.43. The number of methoxy groups -OCH3 is 1. The molecule has 2 heterocycles. The molecular weight excluding hydrogens is 485 g/mol. The highest BCUT2D eigenvalue weighted by Crippen LogP contribution is 2.30. The molecule has 1 saturated heterocycles. The molecule has 0 aliphatic carbocycles. The molecule has 1 atom stereocenters. The fourth-order valence-electron chi connectivity index (χ4n) is 3.01. The molecule has 1 aliphatic heterocycles. The van der Waals surface area contributed by atoms with Gasteiger partial charge >= 0.3 is 0 Å². The molecule has 0 amide bonds. The topological polar surface area (TPSA) is 77.2 Å².